The molecule has 2 rings (SSSR count). The topological polar surface area (TPSA) is 46.3 Å². The van der Waals surface area contributed by atoms with Crippen LogP contribution < -0.4 is 5.73 Å². The smallest absolute Gasteiger partial charge is 0.254 e. The number of aryl methyl sites for hydroxylation is 1. The van der Waals surface area contributed by atoms with Gasteiger partial charge in [0.25, 0.3) is 5.91 Å². The molecule has 2 N–H and O–H groups in total. The molecule has 1 amide bonds. The van der Waals surface area contributed by atoms with Crippen molar-refractivity contribution in [2.24, 2.45) is 11.7 Å². The van der Waals surface area contributed by atoms with Crippen molar-refractivity contribution < 1.29 is 4.79 Å². The summed E-state index contributed by atoms with van der Waals surface area (Å²) in [4.78, 5) is 14.8. The summed E-state index contributed by atoms with van der Waals surface area (Å²) >= 11 is 3.45. The van der Waals surface area contributed by atoms with Gasteiger partial charge in [-0.15, -0.1) is 0 Å². The number of benzene rings is 1. The molecule has 2 unspecified atom stereocenters. The summed E-state index contributed by atoms with van der Waals surface area (Å²) in [6.07, 6.45) is 3.40. The van der Waals surface area contributed by atoms with Crippen molar-refractivity contribution in [2.75, 3.05) is 13.1 Å². The third-order valence-corrected chi connectivity index (χ3v) is 4.84. The largest absolute Gasteiger partial charge is 0.336 e. The van der Waals surface area contributed by atoms with E-state index in [-0.39, 0.29) is 5.91 Å². The molecule has 4 heteroatoms. The highest BCUT2D eigenvalue weighted by molar-refractivity contribution is 9.10. The zero-order chi connectivity index (χ0) is 14.7. The van der Waals surface area contributed by atoms with Crippen LogP contribution in [0.2, 0.25) is 0 Å². The van der Waals surface area contributed by atoms with E-state index in [4.69, 9.17) is 5.73 Å². The number of nitrogens with two attached hydrogens (primary N) is 1. The van der Waals surface area contributed by atoms with Crippen molar-refractivity contribution in [1.29, 1.82) is 0 Å². The van der Waals surface area contributed by atoms with Crippen LogP contribution in [-0.4, -0.2) is 29.9 Å². The van der Waals surface area contributed by atoms with Crippen LogP contribution in [0, 0.1) is 12.8 Å². The van der Waals surface area contributed by atoms with Crippen LogP contribution in [0.25, 0.3) is 0 Å². The van der Waals surface area contributed by atoms with Gasteiger partial charge < -0.3 is 10.6 Å². The first-order chi connectivity index (χ1) is 9.58. The van der Waals surface area contributed by atoms with Crippen molar-refractivity contribution in [3.8, 4) is 0 Å². The highest BCUT2D eigenvalue weighted by Gasteiger charge is 2.33. The first-order valence-corrected chi connectivity index (χ1v) is 8.15. The van der Waals surface area contributed by atoms with Crippen molar-refractivity contribution in [1.82, 2.24) is 4.90 Å². The van der Waals surface area contributed by atoms with Gasteiger partial charge in [-0.2, -0.15) is 0 Å². The minimum absolute atomic E-state index is 0.142. The summed E-state index contributed by atoms with van der Waals surface area (Å²) in [6, 6.07) is 6.15. The number of amides is 1. The average molecular weight is 339 g/mol. The third-order valence-electron chi connectivity index (χ3n) is 4.34. The Balaban J connectivity index is 2.24. The van der Waals surface area contributed by atoms with Gasteiger partial charge in [0.1, 0.15) is 0 Å². The van der Waals surface area contributed by atoms with Crippen LogP contribution in [0.3, 0.4) is 0 Å². The number of carbonyl (C=O) groups excluding carboxylic acids is 1. The summed E-state index contributed by atoms with van der Waals surface area (Å²) in [5, 5.41) is 0. The van der Waals surface area contributed by atoms with Crippen LogP contribution >= 0.6 is 15.9 Å². The van der Waals surface area contributed by atoms with Crippen LogP contribution in [0.1, 0.15) is 42.1 Å². The molecular formula is C16H23BrN2O. The lowest BCUT2D eigenvalue weighted by Gasteiger charge is -2.32. The summed E-state index contributed by atoms with van der Waals surface area (Å²) in [5.74, 6) is 0.595. The lowest BCUT2D eigenvalue weighted by molar-refractivity contribution is 0.0651. The molecule has 0 heterocycles. The fourth-order valence-corrected chi connectivity index (χ4v) is 3.73. The molecular weight excluding hydrogens is 316 g/mol. The van der Waals surface area contributed by atoms with Gasteiger partial charge in [-0.3, -0.25) is 4.79 Å². The van der Waals surface area contributed by atoms with E-state index in [1.165, 1.54) is 6.42 Å². The molecule has 20 heavy (non-hydrogen) atoms. The number of rotatable bonds is 4. The molecule has 1 saturated carbocycles. The molecule has 0 aliphatic heterocycles. The Kier molecular flexibility index (Phi) is 5.22. The van der Waals surface area contributed by atoms with E-state index in [2.05, 4.69) is 22.9 Å². The number of halogens is 1. The Morgan fingerprint density at radius 2 is 2.20 bits per heavy atom. The van der Waals surface area contributed by atoms with Gasteiger partial charge in [0.05, 0.1) is 0 Å². The van der Waals surface area contributed by atoms with Gasteiger partial charge in [0.2, 0.25) is 0 Å². The van der Waals surface area contributed by atoms with Gasteiger partial charge in [-0.1, -0.05) is 22.4 Å². The van der Waals surface area contributed by atoms with Crippen LogP contribution in [-0.2, 0) is 0 Å². The van der Waals surface area contributed by atoms with Crippen molar-refractivity contribution in [3.05, 3.63) is 33.8 Å². The normalized spacial score (nSPS) is 22.0. The highest BCUT2D eigenvalue weighted by atomic mass is 79.9. The number of hydrogen-bond acceptors (Lipinski definition) is 2. The zero-order valence-corrected chi connectivity index (χ0v) is 13.8. The van der Waals surface area contributed by atoms with Gasteiger partial charge in [0.15, 0.2) is 0 Å². The summed E-state index contributed by atoms with van der Waals surface area (Å²) < 4.78 is 1.01. The molecule has 1 aliphatic rings. The molecule has 0 aromatic heterocycles. The third kappa shape index (κ3) is 3.07. The van der Waals surface area contributed by atoms with E-state index in [9.17, 15) is 4.79 Å². The van der Waals surface area contributed by atoms with Crippen molar-refractivity contribution >= 4 is 21.8 Å². The number of nitrogens with zero attached hydrogens (tertiary/aromatic N) is 1. The summed E-state index contributed by atoms with van der Waals surface area (Å²) in [6.45, 7) is 5.46. The van der Waals surface area contributed by atoms with Crippen molar-refractivity contribution in [2.45, 2.75) is 39.2 Å². The zero-order valence-electron chi connectivity index (χ0n) is 12.2. The standard InChI is InChI=1S/C16H23BrN2O/c1-3-19(15-6-4-5-12(15)10-18)16(20)14-8-7-13(17)9-11(14)2/h7-9,12,15H,3-6,10,18H2,1-2H3. The van der Waals surface area contributed by atoms with E-state index < -0.39 is 0 Å². The quantitative estimate of drug-likeness (QED) is 0.914. The second-order valence-corrected chi connectivity index (χ2v) is 6.46. The maximum absolute atomic E-state index is 12.8. The molecule has 110 valence electrons. The molecule has 1 aromatic rings. The molecule has 0 bridgehead atoms. The molecule has 0 saturated heterocycles. The van der Waals surface area contributed by atoms with E-state index in [0.717, 1.165) is 35.0 Å². The first kappa shape index (κ1) is 15.5. The molecule has 2 atom stereocenters. The Morgan fingerprint density at radius 1 is 1.45 bits per heavy atom. The van der Waals surface area contributed by atoms with Gasteiger partial charge >= 0.3 is 0 Å². The Labute approximate surface area is 129 Å². The lowest BCUT2D eigenvalue weighted by Crippen LogP contribution is -2.44. The Morgan fingerprint density at radius 3 is 2.80 bits per heavy atom. The fourth-order valence-electron chi connectivity index (χ4n) is 3.25. The highest BCUT2D eigenvalue weighted by Crippen LogP contribution is 2.30. The molecule has 0 spiro atoms. The predicted octanol–water partition coefficient (Wildman–Crippen LogP) is 3.35. The molecule has 1 aromatic carbocycles. The first-order valence-electron chi connectivity index (χ1n) is 7.35. The van der Waals surface area contributed by atoms with E-state index in [1.54, 1.807) is 0 Å². The maximum atomic E-state index is 12.8. The SMILES string of the molecule is CCN(C(=O)c1ccc(Br)cc1C)C1CCCC1CN. The minimum atomic E-state index is 0.142. The van der Waals surface area contributed by atoms with E-state index in [1.807, 2.05) is 30.0 Å². The molecule has 1 fully saturated rings. The molecule has 1 aliphatic carbocycles. The van der Waals surface area contributed by atoms with Crippen LogP contribution in [0.15, 0.2) is 22.7 Å². The summed E-state index contributed by atoms with van der Waals surface area (Å²) in [7, 11) is 0. The van der Waals surface area contributed by atoms with Gasteiger partial charge in [-0.05, 0) is 62.9 Å². The van der Waals surface area contributed by atoms with Gasteiger partial charge in [-0.25, -0.2) is 0 Å². The van der Waals surface area contributed by atoms with Gasteiger partial charge in [0, 0.05) is 22.6 Å². The monoisotopic (exact) mass is 338 g/mol. The number of carbonyl (C=O) groups is 1. The van der Waals surface area contributed by atoms with E-state index in [0.29, 0.717) is 18.5 Å². The molecule has 3 nitrogen and oxygen atoms in total. The lowest BCUT2D eigenvalue weighted by atomic mass is 10.00. The van der Waals surface area contributed by atoms with Crippen LogP contribution in [0.5, 0.6) is 0 Å². The maximum Gasteiger partial charge on any atom is 0.254 e. The minimum Gasteiger partial charge on any atom is -0.336 e. The average Bonchev–Trinajstić information content (AvgIpc) is 2.87. The molecule has 0 radical (unpaired) electrons. The van der Waals surface area contributed by atoms with Crippen molar-refractivity contribution in [3.63, 3.8) is 0 Å². The Bertz CT molecular complexity index is 489. The summed E-state index contributed by atoms with van der Waals surface area (Å²) in [5.41, 5.74) is 7.68. The predicted molar refractivity (Wildman–Crippen MR) is 85.8 cm³/mol. The second-order valence-electron chi connectivity index (χ2n) is 5.54. The Hall–Kier alpha value is -0.870. The fraction of sp³-hybridized carbons (Fsp3) is 0.562. The van der Waals surface area contributed by atoms with E-state index >= 15 is 0 Å². The second kappa shape index (κ2) is 6.72. The van der Waals surface area contributed by atoms with Crippen LogP contribution in [0.4, 0.5) is 0 Å². The number of hydrogen-bond donors (Lipinski definition) is 1.